The molecule has 0 N–H and O–H groups in total. The molecule has 2 aromatic carbocycles. The van der Waals surface area contributed by atoms with E-state index >= 15 is 0 Å². The van der Waals surface area contributed by atoms with Gasteiger partial charge in [-0.3, -0.25) is 4.79 Å². The van der Waals surface area contributed by atoms with Crippen LogP contribution in [0.3, 0.4) is 0 Å². The van der Waals surface area contributed by atoms with Gasteiger partial charge >= 0.3 is 0 Å². The zero-order valence-corrected chi connectivity index (χ0v) is 19.4. The number of amides is 1. The lowest BCUT2D eigenvalue weighted by atomic mass is 9.94. The predicted octanol–water partition coefficient (Wildman–Crippen LogP) is 3.95. The van der Waals surface area contributed by atoms with Gasteiger partial charge in [-0.05, 0) is 61.4 Å². The van der Waals surface area contributed by atoms with Crippen LogP contribution in [0, 0.1) is 11.8 Å². The van der Waals surface area contributed by atoms with Crippen molar-refractivity contribution in [1.82, 2.24) is 4.31 Å². The Balaban J connectivity index is 1.72. The minimum Gasteiger partial charge on any atom is -0.495 e. The maximum absolute atomic E-state index is 13.5. The summed E-state index contributed by atoms with van der Waals surface area (Å²) < 4.78 is 34.0. The van der Waals surface area contributed by atoms with Crippen LogP contribution < -0.4 is 9.64 Å². The maximum atomic E-state index is 13.5. The van der Waals surface area contributed by atoms with Gasteiger partial charge in [0.25, 0.3) is 5.91 Å². The molecule has 4 rings (SSSR count). The smallest absolute Gasteiger partial charge is 0.258 e. The van der Waals surface area contributed by atoms with Gasteiger partial charge in [-0.2, -0.15) is 4.31 Å². The van der Waals surface area contributed by atoms with E-state index in [2.05, 4.69) is 13.8 Å². The zero-order chi connectivity index (χ0) is 22.3. The van der Waals surface area contributed by atoms with Crippen LogP contribution in [0.5, 0.6) is 5.75 Å². The molecule has 2 heterocycles. The number of hydrogen-bond acceptors (Lipinski definition) is 4. The first kappa shape index (κ1) is 21.8. The van der Waals surface area contributed by atoms with Crippen LogP contribution in [-0.2, 0) is 16.4 Å². The Morgan fingerprint density at radius 3 is 2.39 bits per heavy atom. The van der Waals surface area contributed by atoms with E-state index in [1.165, 1.54) is 17.5 Å². The second-order valence-electron chi connectivity index (χ2n) is 8.99. The summed E-state index contributed by atoms with van der Waals surface area (Å²) >= 11 is 0. The number of hydrogen-bond donors (Lipinski definition) is 0. The van der Waals surface area contributed by atoms with Crippen LogP contribution in [0.2, 0.25) is 0 Å². The Kier molecular flexibility index (Phi) is 5.83. The average molecular weight is 443 g/mol. The number of para-hydroxylation sites is 1. The molecule has 0 aliphatic carbocycles. The molecule has 0 spiro atoms. The fraction of sp³-hybridized carbons (Fsp3) is 0.458. The second-order valence-corrected chi connectivity index (χ2v) is 10.9. The van der Waals surface area contributed by atoms with E-state index in [1.54, 1.807) is 17.0 Å². The lowest BCUT2D eigenvalue weighted by molar-refractivity contribution is 0.0981. The standard InChI is InChI=1S/C24H30N2O4S/c1-16-11-17(2)15-25(14-16)31(28,29)23-13-20(9-10-22(23)30-4)24(27)26-18(3)12-19-7-5-6-8-21(19)26/h5-10,13,16-18H,11-12,14-15H2,1-4H3. The van der Waals surface area contributed by atoms with Crippen molar-refractivity contribution >= 4 is 21.6 Å². The second kappa shape index (κ2) is 8.28. The maximum Gasteiger partial charge on any atom is 0.258 e. The molecule has 1 amide bonds. The molecule has 31 heavy (non-hydrogen) atoms. The Morgan fingerprint density at radius 2 is 1.71 bits per heavy atom. The van der Waals surface area contributed by atoms with Crippen molar-refractivity contribution in [3.05, 3.63) is 53.6 Å². The summed E-state index contributed by atoms with van der Waals surface area (Å²) in [5, 5.41) is 0. The minimum atomic E-state index is -3.79. The summed E-state index contributed by atoms with van der Waals surface area (Å²) in [5.74, 6) is 0.641. The van der Waals surface area contributed by atoms with Crippen LogP contribution in [-0.4, -0.2) is 44.9 Å². The SMILES string of the molecule is COc1ccc(C(=O)N2c3ccccc3CC2C)cc1S(=O)(=O)N1CC(C)CC(C)C1. The van der Waals surface area contributed by atoms with Gasteiger partial charge in [0, 0.05) is 30.4 Å². The molecule has 0 saturated carbocycles. The monoisotopic (exact) mass is 442 g/mol. The van der Waals surface area contributed by atoms with Gasteiger partial charge in [0.1, 0.15) is 10.6 Å². The third-order valence-corrected chi connectivity index (χ3v) is 8.14. The molecule has 3 atom stereocenters. The number of anilines is 1. The molecule has 2 aliphatic rings. The van der Waals surface area contributed by atoms with E-state index in [0.29, 0.717) is 18.7 Å². The fourth-order valence-corrected chi connectivity index (χ4v) is 6.83. The molecule has 2 aliphatic heterocycles. The summed E-state index contributed by atoms with van der Waals surface area (Å²) in [6.07, 6.45) is 1.79. The first-order chi connectivity index (χ1) is 14.7. The highest BCUT2D eigenvalue weighted by Crippen LogP contribution is 2.35. The van der Waals surface area contributed by atoms with E-state index in [0.717, 1.165) is 24.1 Å². The van der Waals surface area contributed by atoms with E-state index in [-0.39, 0.29) is 34.4 Å². The molecular formula is C24H30N2O4S. The Hall–Kier alpha value is -2.38. The summed E-state index contributed by atoms with van der Waals surface area (Å²) in [5.41, 5.74) is 2.36. The highest BCUT2D eigenvalue weighted by molar-refractivity contribution is 7.89. The number of carbonyl (C=O) groups excluding carboxylic acids is 1. The molecule has 1 fully saturated rings. The van der Waals surface area contributed by atoms with Gasteiger partial charge in [0.2, 0.25) is 10.0 Å². The molecule has 166 valence electrons. The largest absolute Gasteiger partial charge is 0.495 e. The van der Waals surface area contributed by atoms with E-state index in [4.69, 9.17) is 4.74 Å². The summed E-state index contributed by atoms with van der Waals surface area (Å²) in [4.78, 5) is 15.3. The van der Waals surface area contributed by atoms with Gasteiger partial charge in [-0.1, -0.05) is 32.0 Å². The van der Waals surface area contributed by atoms with Crippen molar-refractivity contribution in [3.8, 4) is 5.75 Å². The molecule has 3 unspecified atom stereocenters. The number of piperidine rings is 1. The molecule has 7 heteroatoms. The van der Waals surface area contributed by atoms with E-state index in [9.17, 15) is 13.2 Å². The lowest BCUT2D eigenvalue weighted by Crippen LogP contribution is -2.42. The number of fused-ring (bicyclic) bond motifs is 1. The minimum absolute atomic E-state index is 0.0100. The first-order valence-corrected chi connectivity index (χ1v) is 12.3. The van der Waals surface area contributed by atoms with Crippen molar-refractivity contribution in [1.29, 1.82) is 0 Å². The van der Waals surface area contributed by atoms with Gasteiger partial charge < -0.3 is 9.64 Å². The van der Waals surface area contributed by atoms with Crippen molar-refractivity contribution in [2.45, 2.75) is 44.6 Å². The van der Waals surface area contributed by atoms with Gasteiger partial charge in [-0.15, -0.1) is 0 Å². The van der Waals surface area contributed by atoms with Crippen LogP contribution >= 0.6 is 0 Å². The number of ether oxygens (including phenoxy) is 1. The summed E-state index contributed by atoms with van der Waals surface area (Å²) in [6.45, 7) is 7.10. The third kappa shape index (κ3) is 3.96. The number of rotatable bonds is 4. The van der Waals surface area contributed by atoms with Crippen molar-refractivity contribution in [2.24, 2.45) is 11.8 Å². The van der Waals surface area contributed by atoms with Gasteiger partial charge in [0.15, 0.2) is 0 Å². The number of benzene rings is 2. The lowest BCUT2D eigenvalue weighted by Gasteiger charge is -2.34. The number of methoxy groups -OCH3 is 1. The van der Waals surface area contributed by atoms with Crippen LogP contribution in [0.1, 0.15) is 43.1 Å². The highest BCUT2D eigenvalue weighted by atomic mass is 32.2. The Morgan fingerprint density at radius 1 is 1.03 bits per heavy atom. The van der Waals surface area contributed by atoms with Crippen molar-refractivity contribution < 1.29 is 17.9 Å². The molecular weight excluding hydrogens is 412 g/mol. The molecule has 6 nitrogen and oxygen atoms in total. The predicted molar refractivity (Wildman–Crippen MR) is 121 cm³/mol. The summed E-state index contributed by atoms with van der Waals surface area (Å²) in [7, 11) is -2.33. The zero-order valence-electron chi connectivity index (χ0n) is 18.5. The van der Waals surface area contributed by atoms with Crippen molar-refractivity contribution in [2.75, 3.05) is 25.1 Å². The van der Waals surface area contributed by atoms with Crippen molar-refractivity contribution in [3.63, 3.8) is 0 Å². The fourth-order valence-electron chi connectivity index (χ4n) is 4.97. The van der Waals surface area contributed by atoms with Crippen LogP contribution in [0.25, 0.3) is 0 Å². The quantitative estimate of drug-likeness (QED) is 0.719. The third-order valence-electron chi connectivity index (χ3n) is 6.29. The molecule has 2 aromatic rings. The first-order valence-electron chi connectivity index (χ1n) is 10.8. The molecule has 0 bridgehead atoms. The number of carbonyl (C=O) groups is 1. The topological polar surface area (TPSA) is 66.9 Å². The van der Waals surface area contributed by atoms with Crippen LogP contribution in [0.15, 0.2) is 47.4 Å². The molecule has 0 radical (unpaired) electrons. The Bertz CT molecular complexity index is 1090. The van der Waals surface area contributed by atoms with Gasteiger partial charge in [-0.25, -0.2) is 8.42 Å². The number of sulfonamides is 1. The van der Waals surface area contributed by atoms with Crippen LogP contribution in [0.4, 0.5) is 5.69 Å². The average Bonchev–Trinajstić information content (AvgIpc) is 3.07. The normalized spacial score (nSPS) is 24.1. The van der Waals surface area contributed by atoms with E-state index in [1.807, 2.05) is 31.2 Å². The Labute approximate surface area is 184 Å². The number of nitrogens with zero attached hydrogens (tertiary/aromatic N) is 2. The van der Waals surface area contributed by atoms with Gasteiger partial charge in [0.05, 0.1) is 7.11 Å². The molecule has 1 saturated heterocycles. The highest BCUT2D eigenvalue weighted by Gasteiger charge is 2.36. The van der Waals surface area contributed by atoms with E-state index < -0.39 is 10.0 Å². The molecule has 0 aromatic heterocycles. The summed E-state index contributed by atoms with van der Waals surface area (Å²) in [6, 6.07) is 12.6.